The van der Waals surface area contributed by atoms with Crippen LogP contribution in [0.4, 0.5) is 5.13 Å². The van der Waals surface area contributed by atoms with Crippen LogP contribution < -0.4 is 9.64 Å². The monoisotopic (exact) mass is 329 g/mol. The first-order valence-electron chi connectivity index (χ1n) is 7.35. The molecule has 0 radical (unpaired) electrons. The summed E-state index contributed by atoms with van der Waals surface area (Å²) in [5, 5.41) is 7.09. The van der Waals surface area contributed by atoms with Gasteiger partial charge in [-0.1, -0.05) is 5.16 Å². The molecule has 1 saturated heterocycles. The van der Waals surface area contributed by atoms with Crippen LogP contribution in [-0.2, 0) is 0 Å². The molecule has 0 unspecified atom stereocenters. The molecule has 0 bridgehead atoms. The van der Waals surface area contributed by atoms with Gasteiger partial charge in [-0.15, -0.1) is 11.3 Å². The van der Waals surface area contributed by atoms with Crippen LogP contribution in [0.25, 0.3) is 11.4 Å². The highest BCUT2D eigenvalue weighted by Crippen LogP contribution is 2.36. The summed E-state index contributed by atoms with van der Waals surface area (Å²) in [6, 6.07) is 3.72. The topological polar surface area (TPSA) is 77.2 Å². The zero-order chi connectivity index (χ0) is 15.6. The third kappa shape index (κ3) is 2.65. The third-order valence-electron chi connectivity index (χ3n) is 3.85. The molecule has 3 aromatic heterocycles. The predicted octanol–water partition coefficient (Wildman–Crippen LogP) is 2.94. The number of anilines is 1. The molecule has 0 N–H and O–H groups in total. The van der Waals surface area contributed by atoms with Crippen molar-refractivity contribution in [1.29, 1.82) is 0 Å². The van der Waals surface area contributed by atoms with Gasteiger partial charge in [0.25, 0.3) is 0 Å². The maximum atomic E-state index is 5.52. The van der Waals surface area contributed by atoms with Crippen LogP contribution in [0.1, 0.15) is 24.8 Å². The molecule has 4 rings (SSSR count). The number of pyridine rings is 1. The van der Waals surface area contributed by atoms with E-state index in [1.807, 2.05) is 17.6 Å². The number of aromatic nitrogens is 4. The number of thiazole rings is 1. The molecular weight excluding hydrogens is 314 g/mol. The Balaban J connectivity index is 1.62. The Labute approximate surface area is 137 Å². The minimum absolute atomic E-state index is 0.0890. The quantitative estimate of drug-likeness (QED) is 0.728. The van der Waals surface area contributed by atoms with E-state index >= 15 is 0 Å². The second kappa shape index (κ2) is 5.96. The van der Waals surface area contributed by atoms with E-state index in [-0.39, 0.29) is 6.04 Å². The molecule has 1 fully saturated rings. The molecule has 0 aliphatic carbocycles. The Kier molecular flexibility index (Phi) is 3.66. The second-order valence-electron chi connectivity index (χ2n) is 5.21. The molecule has 4 heterocycles. The standard InChI is InChI=1S/C15H15N5O2S/c1-21-12-9-10(4-5-16-12)13-18-14(22-19-13)11-3-2-7-20(11)15-17-6-8-23-15/h4-6,8-9,11H,2-3,7H2,1H3/t11-/m0/s1. The molecule has 0 spiro atoms. The van der Waals surface area contributed by atoms with Crippen molar-refractivity contribution in [2.45, 2.75) is 18.9 Å². The predicted molar refractivity (Wildman–Crippen MR) is 85.5 cm³/mol. The average Bonchev–Trinajstić information content (AvgIpc) is 3.33. The summed E-state index contributed by atoms with van der Waals surface area (Å²) in [6.45, 7) is 0.957. The number of rotatable bonds is 4. The van der Waals surface area contributed by atoms with E-state index in [4.69, 9.17) is 9.26 Å². The van der Waals surface area contributed by atoms with Crippen molar-refractivity contribution in [2.75, 3.05) is 18.6 Å². The normalized spacial score (nSPS) is 17.6. The van der Waals surface area contributed by atoms with E-state index in [2.05, 4.69) is 25.0 Å². The van der Waals surface area contributed by atoms with Crippen molar-refractivity contribution >= 4 is 16.5 Å². The molecule has 23 heavy (non-hydrogen) atoms. The molecular formula is C15H15N5O2S. The number of ether oxygens (including phenoxy) is 1. The number of nitrogens with zero attached hydrogens (tertiary/aromatic N) is 5. The summed E-state index contributed by atoms with van der Waals surface area (Å²) in [4.78, 5) is 15.3. The van der Waals surface area contributed by atoms with Crippen molar-refractivity contribution < 1.29 is 9.26 Å². The van der Waals surface area contributed by atoms with Crippen molar-refractivity contribution in [3.8, 4) is 17.3 Å². The highest BCUT2D eigenvalue weighted by Gasteiger charge is 2.32. The molecule has 8 heteroatoms. The summed E-state index contributed by atoms with van der Waals surface area (Å²) in [5.74, 6) is 1.70. The third-order valence-corrected chi connectivity index (χ3v) is 4.66. The SMILES string of the molecule is COc1cc(-c2noc([C@@H]3CCCN3c3nccs3)n2)ccn1. The first-order valence-corrected chi connectivity index (χ1v) is 8.23. The van der Waals surface area contributed by atoms with Crippen LogP contribution in [0, 0.1) is 0 Å². The molecule has 7 nitrogen and oxygen atoms in total. The van der Waals surface area contributed by atoms with E-state index < -0.39 is 0 Å². The van der Waals surface area contributed by atoms with Gasteiger partial charge in [0.15, 0.2) is 5.13 Å². The molecule has 118 valence electrons. The first-order chi connectivity index (χ1) is 11.3. The lowest BCUT2D eigenvalue weighted by Crippen LogP contribution is -2.22. The van der Waals surface area contributed by atoms with Crippen molar-refractivity contribution in [3.05, 3.63) is 35.8 Å². The molecule has 0 amide bonds. The summed E-state index contributed by atoms with van der Waals surface area (Å²) < 4.78 is 10.7. The maximum absolute atomic E-state index is 5.52. The minimum Gasteiger partial charge on any atom is -0.481 e. The van der Waals surface area contributed by atoms with Gasteiger partial charge in [0.05, 0.1) is 7.11 Å². The van der Waals surface area contributed by atoms with E-state index in [9.17, 15) is 0 Å². The van der Waals surface area contributed by atoms with Gasteiger partial charge in [-0.25, -0.2) is 9.97 Å². The minimum atomic E-state index is 0.0890. The molecule has 1 aliphatic rings. The Morgan fingerprint density at radius 1 is 1.35 bits per heavy atom. The van der Waals surface area contributed by atoms with Gasteiger partial charge in [0.1, 0.15) is 6.04 Å². The number of hydrogen-bond donors (Lipinski definition) is 0. The number of hydrogen-bond acceptors (Lipinski definition) is 8. The summed E-state index contributed by atoms with van der Waals surface area (Å²) in [7, 11) is 1.58. The lowest BCUT2D eigenvalue weighted by atomic mass is 10.2. The van der Waals surface area contributed by atoms with Crippen LogP contribution in [0.15, 0.2) is 34.4 Å². The van der Waals surface area contributed by atoms with Gasteiger partial charge < -0.3 is 14.2 Å². The van der Waals surface area contributed by atoms with Gasteiger partial charge in [-0.3, -0.25) is 0 Å². The van der Waals surface area contributed by atoms with Crippen molar-refractivity contribution in [3.63, 3.8) is 0 Å². The summed E-state index contributed by atoms with van der Waals surface area (Å²) >= 11 is 1.63. The lowest BCUT2D eigenvalue weighted by Gasteiger charge is -2.20. The Morgan fingerprint density at radius 3 is 3.13 bits per heavy atom. The van der Waals surface area contributed by atoms with Gasteiger partial charge in [-0.05, 0) is 18.9 Å². The van der Waals surface area contributed by atoms with E-state index in [0.717, 1.165) is 30.1 Å². The molecule has 3 aromatic rings. The van der Waals surface area contributed by atoms with E-state index in [1.54, 1.807) is 30.7 Å². The van der Waals surface area contributed by atoms with Gasteiger partial charge >= 0.3 is 0 Å². The van der Waals surface area contributed by atoms with Crippen molar-refractivity contribution in [2.24, 2.45) is 0 Å². The number of methoxy groups -OCH3 is 1. The largest absolute Gasteiger partial charge is 0.481 e. The Hall–Kier alpha value is -2.48. The highest BCUT2D eigenvalue weighted by molar-refractivity contribution is 7.13. The molecule has 0 aromatic carbocycles. The fourth-order valence-corrected chi connectivity index (χ4v) is 3.48. The van der Waals surface area contributed by atoms with Crippen LogP contribution in [0.3, 0.4) is 0 Å². The smallest absolute Gasteiger partial charge is 0.249 e. The zero-order valence-electron chi connectivity index (χ0n) is 12.5. The van der Waals surface area contributed by atoms with E-state index in [0.29, 0.717) is 17.6 Å². The highest BCUT2D eigenvalue weighted by atomic mass is 32.1. The Bertz CT molecular complexity index is 789. The fraction of sp³-hybridized carbons (Fsp3) is 0.333. The summed E-state index contributed by atoms with van der Waals surface area (Å²) in [6.07, 6.45) is 5.56. The van der Waals surface area contributed by atoms with E-state index in [1.165, 1.54) is 0 Å². The average molecular weight is 329 g/mol. The van der Waals surface area contributed by atoms with Crippen LogP contribution in [0.2, 0.25) is 0 Å². The maximum Gasteiger partial charge on any atom is 0.249 e. The van der Waals surface area contributed by atoms with Gasteiger partial charge in [-0.2, -0.15) is 4.98 Å². The molecule has 1 atom stereocenters. The van der Waals surface area contributed by atoms with Gasteiger partial charge in [0, 0.05) is 35.9 Å². The van der Waals surface area contributed by atoms with Crippen LogP contribution >= 0.6 is 11.3 Å². The zero-order valence-corrected chi connectivity index (χ0v) is 13.4. The molecule has 1 aliphatic heterocycles. The fourth-order valence-electron chi connectivity index (χ4n) is 2.76. The summed E-state index contributed by atoms with van der Waals surface area (Å²) in [5.41, 5.74) is 0.825. The van der Waals surface area contributed by atoms with Crippen molar-refractivity contribution in [1.82, 2.24) is 20.1 Å². The van der Waals surface area contributed by atoms with Gasteiger partial charge in [0.2, 0.25) is 17.6 Å². The lowest BCUT2D eigenvalue weighted by molar-refractivity contribution is 0.355. The van der Waals surface area contributed by atoms with Crippen LogP contribution in [-0.4, -0.2) is 33.8 Å². The Morgan fingerprint density at radius 2 is 2.30 bits per heavy atom. The van der Waals surface area contributed by atoms with Crippen LogP contribution in [0.5, 0.6) is 5.88 Å². The second-order valence-corrected chi connectivity index (χ2v) is 6.08. The first kappa shape index (κ1) is 14.1. The molecule has 0 saturated carbocycles.